The number of hydrogen-bond acceptors (Lipinski definition) is 7. The lowest BCUT2D eigenvalue weighted by molar-refractivity contribution is -0.117. The molecular weight excluding hydrogens is 416 g/mol. The maximum absolute atomic E-state index is 12.9. The second-order valence-corrected chi connectivity index (χ2v) is 7.91. The van der Waals surface area contributed by atoms with Crippen LogP contribution in [0.15, 0.2) is 53.3 Å². The normalized spacial score (nSPS) is 10.8. The summed E-state index contributed by atoms with van der Waals surface area (Å²) in [6.45, 7) is 1.59. The Hall–Kier alpha value is -3.72. The Balaban J connectivity index is 1.68. The molecule has 2 aromatic carbocycles. The van der Waals surface area contributed by atoms with E-state index in [0.717, 1.165) is 15.3 Å². The van der Waals surface area contributed by atoms with Gasteiger partial charge in [-0.25, -0.2) is 9.67 Å². The van der Waals surface area contributed by atoms with Crippen LogP contribution in [0.2, 0.25) is 0 Å². The van der Waals surface area contributed by atoms with E-state index in [0.29, 0.717) is 33.1 Å². The number of benzene rings is 2. The van der Waals surface area contributed by atoms with Crippen molar-refractivity contribution in [1.29, 1.82) is 0 Å². The minimum absolute atomic E-state index is 0.250. The number of carbonyl (C=O) groups is 1. The van der Waals surface area contributed by atoms with Crippen LogP contribution in [-0.4, -0.2) is 34.9 Å². The highest BCUT2D eigenvalue weighted by Crippen LogP contribution is 2.30. The SMILES string of the molecule is COc1ccc(NC(=O)Cn2nc(-c3ccccc3)c3sc(C)nc3c2=O)cc1OC. The van der Waals surface area contributed by atoms with E-state index in [1.807, 2.05) is 37.3 Å². The van der Waals surface area contributed by atoms with Crippen LogP contribution in [0, 0.1) is 6.92 Å². The standard InChI is InChI=1S/C22H20N4O4S/c1-13-23-20-21(31-13)19(14-7-5-4-6-8-14)25-26(22(20)28)12-18(27)24-15-9-10-16(29-2)17(11-15)30-3/h4-11H,12H2,1-3H3,(H,24,27). The highest BCUT2D eigenvalue weighted by Gasteiger charge is 2.18. The Morgan fingerprint density at radius 1 is 1.10 bits per heavy atom. The Morgan fingerprint density at radius 3 is 2.55 bits per heavy atom. The average Bonchev–Trinajstić information content (AvgIpc) is 3.18. The number of anilines is 1. The van der Waals surface area contributed by atoms with E-state index in [4.69, 9.17) is 9.47 Å². The van der Waals surface area contributed by atoms with Crippen LogP contribution >= 0.6 is 11.3 Å². The summed E-state index contributed by atoms with van der Waals surface area (Å²) in [4.78, 5) is 30.0. The number of ether oxygens (including phenoxy) is 2. The number of amides is 1. The lowest BCUT2D eigenvalue weighted by Crippen LogP contribution is -2.30. The van der Waals surface area contributed by atoms with Crippen LogP contribution in [-0.2, 0) is 11.3 Å². The van der Waals surface area contributed by atoms with E-state index in [9.17, 15) is 9.59 Å². The number of aryl methyl sites for hydroxylation is 1. The Kier molecular flexibility index (Phi) is 5.68. The fourth-order valence-electron chi connectivity index (χ4n) is 3.21. The molecule has 0 fully saturated rings. The fourth-order valence-corrected chi connectivity index (χ4v) is 4.13. The van der Waals surface area contributed by atoms with Gasteiger partial charge in [0.2, 0.25) is 5.91 Å². The smallest absolute Gasteiger partial charge is 0.294 e. The molecule has 4 rings (SSSR count). The van der Waals surface area contributed by atoms with Crippen molar-refractivity contribution in [1.82, 2.24) is 14.8 Å². The lowest BCUT2D eigenvalue weighted by Gasteiger charge is -2.11. The van der Waals surface area contributed by atoms with Crippen LogP contribution in [0.1, 0.15) is 5.01 Å². The lowest BCUT2D eigenvalue weighted by atomic mass is 10.1. The highest BCUT2D eigenvalue weighted by molar-refractivity contribution is 7.19. The van der Waals surface area contributed by atoms with E-state index in [2.05, 4.69) is 15.4 Å². The van der Waals surface area contributed by atoms with Crippen LogP contribution in [0.4, 0.5) is 5.69 Å². The van der Waals surface area contributed by atoms with Crippen LogP contribution in [0.5, 0.6) is 11.5 Å². The highest BCUT2D eigenvalue weighted by atomic mass is 32.1. The predicted molar refractivity (Wildman–Crippen MR) is 120 cm³/mol. The number of nitrogens with one attached hydrogen (secondary N) is 1. The molecule has 0 radical (unpaired) electrons. The molecule has 4 aromatic rings. The average molecular weight is 436 g/mol. The quantitative estimate of drug-likeness (QED) is 0.497. The molecular formula is C22H20N4O4S. The van der Waals surface area contributed by atoms with Crippen LogP contribution < -0.4 is 20.3 Å². The van der Waals surface area contributed by atoms with Gasteiger partial charge in [0.25, 0.3) is 5.56 Å². The topological polar surface area (TPSA) is 95.3 Å². The molecule has 0 atom stereocenters. The predicted octanol–water partition coefficient (Wildman–Crippen LogP) is 3.48. The Morgan fingerprint density at radius 2 is 1.84 bits per heavy atom. The first-order valence-corrected chi connectivity index (χ1v) is 10.3. The number of fused-ring (bicyclic) bond motifs is 1. The minimum atomic E-state index is -0.401. The summed E-state index contributed by atoms with van der Waals surface area (Å²) in [6.07, 6.45) is 0. The number of methoxy groups -OCH3 is 2. The van der Waals surface area contributed by atoms with Crippen molar-refractivity contribution in [2.45, 2.75) is 13.5 Å². The molecule has 0 aliphatic heterocycles. The molecule has 0 saturated carbocycles. The maximum Gasteiger partial charge on any atom is 0.294 e. The van der Waals surface area contributed by atoms with E-state index in [-0.39, 0.29) is 6.54 Å². The van der Waals surface area contributed by atoms with Crippen LogP contribution in [0.25, 0.3) is 21.5 Å². The van der Waals surface area contributed by atoms with Crippen molar-refractivity contribution in [2.24, 2.45) is 0 Å². The first-order valence-electron chi connectivity index (χ1n) is 9.45. The number of rotatable bonds is 6. The summed E-state index contributed by atoms with van der Waals surface area (Å²) in [5, 5.41) is 8.02. The van der Waals surface area contributed by atoms with E-state index >= 15 is 0 Å². The third-order valence-corrected chi connectivity index (χ3v) is 5.59. The number of carbonyl (C=O) groups excluding carboxylic acids is 1. The molecule has 0 bridgehead atoms. The Bertz CT molecular complexity index is 1310. The zero-order valence-electron chi connectivity index (χ0n) is 17.2. The van der Waals surface area contributed by atoms with Crippen molar-refractivity contribution in [2.75, 3.05) is 19.5 Å². The molecule has 0 aliphatic carbocycles. The van der Waals surface area contributed by atoms with Gasteiger partial charge in [-0.15, -0.1) is 11.3 Å². The second-order valence-electron chi connectivity index (χ2n) is 6.71. The molecule has 0 spiro atoms. The van der Waals surface area contributed by atoms with Gasteiger partial charge in [0.1, 0.15) is 12.2 Å². The molecule has 31 heavy (non-hydrogen) atoms. The van der Waals surface area contributed by atoms with Gasteiger partial charge in [-0.1, -0.05) is 30.3 Å². The van der Waals surface area contributed by atoms with Gasteiger partial charge in [0.15, 0.2) is 17.0 Å². The molecule has 0 unspecified atom stereocenters. The minimum Gasteiger partial charge on any atom is -0.493 e. The molecule has 1 N–H and O–H groups in total. The summed E-state index contributed by atoms with van der Waals surface area (Å²) in [5.74, 6) is 0.642. The molecule has 9 heteroatoms. The molecule has 8 nitrogen and oxygen atoms in total. The summed E-state index contributed by atoms with van der Waals surface area (Å²) in [6, 6.07) is 14.6. The number of nitrogens with zero attached hydrogens (tertiary/aromatic N) is 3. The number of hydrogen-bond donors (Lipinski definition) is 1. The van der Waals surface area contributed by atoms with Crippen molar-refractivity contribution in [3.05, 3.63) is 63.9 Å². The first-order chi connectivity index (χ1) is 15.0. The zero-order chi connectivity index (χ0) is 22.0. The van der Waals surface area contributed by atoms with Crippen molar-refractivity contribution in [3.8, 4) is 22.8 Å². The molecule has 2 heterocycles. The van der Waals surface area contributed by atoms with Crippen molar-refractivity contribution < 1.29 is 14.3 Å². The van der Waals surface area contributed by atoms with Crippen LogP contribution in [0.3, 0.4) is 0 Å². The number of aromatic nitrogens is 3. The summed E-state index contributed by atoms with van der Waals surface area (Å²) in [5.41, 5.74) is 1.91. The largest absolute Gasteiger partial charge is 0.493 e. The third-order valence-electron chi connectivity index (χ3n) is 4.61. The summed E-state index contributed by atoms with van der Waals surface area (Å²) >= 11 is 1.41. The summed E-state index contributed by atoms with van der Waals surface area (Å²) in [7, 11) is 3.05. The van der Waals surface area contributed by atoms with Gasteiger partial charge in [0.05, 0.1) is 23.9 Å². The van der Waals surface area contributed by atoms with Gasteiger partial charge >= 0.3 is 0 Å². The summed E-state index contributed by atoms with van der Waals surface area (Å²) < 4.78 is 12.3. The molecule has 2 aromatic heterocycles. The fraction of sp³-hybridized carbons (Fsp3) is 0.182. The van der Waals surface area contributed by atoms with Crippen molar-refractivity contribution >= 4 is 33.1 Å². The van der Waals surface area contributed by atoms with Crippen molar-refractivity contribution in [3.63, 3.8) is 0 Å². The zero-order valence-corrected chi connectivity index (χ0v) is 18.0. The molecule has 0 aliphatic rings. The molecule has 0 saturated heterocycles. The molecule has 1 amide bonds. The molecule has 158 valence electrons. The monoisotopic (exact) mass is 436 g/mol. The third kappa shape index (κ3) is 4.13. The van der Waals surface area contributed by atoms with Gasteiger partial charge in [-0.05, 0) is 19.1 Å². The van der Waals surface area contributed by atoms with E-state index in [1.165, 1.54) is 25.6 Å². The van der Waals surface area contributed by atoms with E-state index in [1.54, 1.807) is 18.2 Å². The van der Waals surface area contributed by atoms with E-state index < -0.39 is 11.5 Å². The van der Waals surface area contributed by atoms with Gasteiger partial charge < -0.3 is 14.8 Å². The second kappa shape index (κ2) is 8.57. The maximum atomic E-state index is 12.9. The van der Waals surface area contributed by atoms with Gasteiger partial charge in [-0.3, -0.25) is 9.59 Å². The number of thiazole rings is 1. The Labute approximate surface area is 182 Å². The van der Waals surface area contributed by atoms with Gasteiger partial charge in [0, 0.05) is 17.3 Å². The first kappa shape index (κ1) is 20.5. The van der Waals surface area contributed by atoms with Gasteiger partial charge in [-0.2, -0.15) is 5.10 Å².